The Morgan fingerprint density at radius 1 is 1.10 bits per heavy atom. The number of rotatable bonds is 9. The van der Waals surface area contributed by atoms with Crippen molar-refractivity contribution in [3.63, 3.8) is 0 Å². The monoisotopic (exact) mass is 492 g/mol. The van der Waals surface area contributed by atoms with Gasteiger partial charge in [-0.3, -0.25) is 4.79 Å². The van der Waals surface area contributed by atoms with Crippen molar-refractivity contribution in [3.05, 3.63) is 59.1 Å². The molecule has 3 N–H and O–H groups in total. The predicted octanol–water partition coefficient (Wildman–Crippen LogP) is 5.76. The second-order valence-electron chi connectivity index (χ2n) is 6.61. The Bertz CT molecular complexity index is 1060. The molecule has 0 radical (unpaired) electrons. The van der Waals surface area contributed by atoms with E-state index in [1.54, 1.807) is 42.5 Å². The van der Waals surface area contributed by atoms with Gasteiger partial charge in [-0.15, -0.1) is 0 Å². The first kappa shape index (κ1) is 22.5. The van der Waals surface area contributed by atoms with E-state index in [0.29, 0.717) is 30.0 Å². The summed E-state index contributed by atoms with van der Waals surface area (Å²) >= 11 is 3.38. The number of anilines is 1. The number of alkyl halides is 2. The average Bonchev–Trinajstić information content (AvgIpc) is 2.73. The summed E-state index contributed by atoms with van der Waals surface area (Å²) in [5, 5.41) is 22.2. The molecule has 0 bridgehead atoms. The van der Waals surface area contributed by atoms with Gasteiger partial charge in [0.15, 0.2) is 0 Å². The third-order valence-corrected chi connectivity index (χ3v) is 4.84. The van der Waals surface area contributed by atoms with Crippen LogP contribution >= 0.6 is 15.9 Å². The number of aromatic nitrogens is 1. The number of nitrogens with one attached hydrogen (secondary N) is 1. The summed E-state index contributed by atoms with van der Waals surface area (Å²) < 4.78 is 30.0. The number of carboxylic acid groups (broad SMARTS) is 1. The van der Waals surface area contributed by atoms with Crippen molar-refractivity contribution in [1.82, 2.24) is 4.98 Å². The van der Waals surface area contributed by atoms with Crippen molar-refractivity contribution >= 4 is 27.7 Å². The summed E-state index contributed by atoms with van der Waals surface area (Å²) in [6.45, 7) is -2.51. The molecule has 0 aliphatic carbocycles. The Kier molecular flexibility index (Phi) is 7.41. The number of carbonyl (C=O) groups is 1. The zero-order valence-electron chi connectivity index (χ0n) is 16.2. The van der Waals surface area contributed by atoms with Gasteiger partial charge in [0.2, 0.25) is 0 Å². The van der Waals surface area contributed by atoms with Gasteiger partial charge in [-0.1, -0.05) is 28.1 Å². The van der Waals surface area contributed by atoms with Crippen molar-refractivity contribution in [2.24, 2.45) is 0 Å². The highest BCUT2D eigenvalue weighted by Gasteiger charge is 2.12. The van der Waals surface area contributed by atoms with Crippen LogP contribution in [-0.4, -0.2) is 34.3 Å². The van der Waals surface area contributed by atoms with Gasteiger partial charge in [-0.05, 0) is 60.0 Å². The third kappa shape index (κ3) is 6.39. The van der Waals surface area contributed by atoms with Gasteiger partial charge < -0.3 is 20.3 Å². The summed E-state index contributed by atoms with van der Waals surface area (Å²) in [5.41, 5.74) is 2.45. The number of aromatic hydroxyl groups is 1. The van der Waals surface area contributed by atoms with E-state index in [4.69, 9.17) is 5.11 Å². The number of nitrogens with zero attached hydrogens (tertiary/aromatic N) is 1. The fourth-order valence-electron chi connectivity index (χ4n) is 2.92. The van der Waals surface area contributed by atoms with Crippen LogP contribution in [0, 0.1) is 0 Å². The van der Waals surface area contributed by atoms with E-state index in [1.165, 1.54) is 12.1 Å². The first-order valence-electron chi connectivity index (χ1n) is 9.34. The van der Waals surface area contributed by atoms with Gasteiger partial charge in [0.1, 0.15) is 17.3 Å². The number of carboxylic acids is 1. The largest absolute Gasteiger partial charge is 0.507 e. The van der Waals surface area contributed by atoms with Crippen molar-refractivity contribution in [1.29, 1.82) is 0 Å². The lowest BCUT2D eigenvalue weighted by Crippen LogP contribution is -2.06. The lowest BCUT2D eigenvalue weighted by molar-refractivity contribution is -0.137. The van der Waals surface area contributed by atoms with E-state index in [9.17, 15) is 18.7 Å². The van der Waals surface area contributed by atoms with E-state index in [1.807, 2.05) is 0 Å². The highest BCUT2D eigenvalue weighted by molar-refractivity contribution is 9.10. The van der Waals surface area contributed by atoms with Gasteiger partial charge in [-0.2, -0.15) is 8.78 Å². The molecule has 0 saturated carbocycles. The molecular weight excluding hydrogens is 474 g/mol. The van der Waals surface area contributed by atoms with Crippen molar-refractivity contribution in [3.8, 4) is 33.9 Å². The maximum absolute atomic E-state index is 12.4. The molecule has 0 amide bonds. The van der Waals surface area contributed by atoms with Crippen LogP contribution in [0.5, 0.6) is 11.5 Å². The molecule has 3 aromatic rings. The maximum Gasteiger partial charge on any atom is 0.387 e. The second kappa shape index (κ2) is 10.2. The van der Waals surface area contributed by atoms with Gasteiger partial charge in [0.05, 0.1) is 5.69 Å². The van der Waals surface area contributed by atoms with Crippen LogP contribution in [0.3, 0.4) is 0 Å². The zero-order chi connectivity index (χ0) is 22.4. The maximum atomic E-state index is 12.4. The number of hydrogen-bond acceptors (Lipinski definition) is 5. The molecule has 31 heavy (non-hydrogen) atoms. The minimum Gasteiger partial charge on any atom is -0.507 e. The quantitative estimate of drug-likeness (QED) is 0.329. The van der Waals surface area contributed by atoms with Crippen molar-refractivity contribution in [2.45, 2.75) is 19.5 Å². The molecule has 162 valence electrons. The van der Waals surface area contributed by atoms with Crippen LogP contribution in [0.2, 0.25) is 0 Å². The molecule has 0 aliphatic rings. The van der Waals surface area contributed by atoms with Crippen LogP contribution in [0.25, 0.3) is 22.4 Å². The number of aliphatic carboxylic acids is 1. The molecule has 0 unspecified atom stereocenters. The van der Waals surface area contributed by atoms with Gasteiger partial charge in [0, 0.05) is 23.0 Å². The number of ether oxygens (including phenoxy) is 1. The lowest BCUT2D eigenvalue weighted by atomic mass is 10.0. The zero-order valence-corrected chi connectivity index (χ0v) is 17.8. The van der Waals surface area contributed by atoms with Crippen LogP contribution in [-0.2, 0) is 4.79 Å². The Morgan fingerprint density at radius 3 is 2.52 bits per heavy atom. The van der Waals surface area contributed by atoms with Crippen molar-refractivity contribution in [2.75, 3.05) is 11.9 Å². The normalized spacial score (nSPS) is 10.8. The van der Waals surface area contributed by atoms with E-state index in [0.717, 1.165) is 15.6 Å². The SMILES string of the molecule is O=C(O)CCCNc1cc(-c2ccc(OC(F)F)cc2)cc(-c2cc(Br)ccc2O)n1. The highest BCUT2D eigenvalue weighted by Crippen LogP contribution is 2.34. The minimum atomic E-state index is -2.90. The third-order valence-electron chi connectivity index (χ3n) is 4.35. The summed E-state index contributed by atoms with van der Waals surface area (Å²) in [5.74, 6) is -0.297. The molecule has 0 fully saturated rings. The molecule has 2 aromatic carbocycles. The average molecular weight is 493 g/mol. The topological polar surface area (TPSA) is 91.7 Å². The lowest BCUT2D eigenvalue weighted by Gasteiger charge is -2.13. The molecule has 3 rings (SSSR count). The number of hydrogen-bond donors (Lipinski definition) is 3. The molecular formula is C22H19BrF2N2O4. The first-order valence-corrected chi connectivity index (χ1v) is 10.1. The molecule has 1 aromatic heterocycles. The summed E-state index contributed by atoms with van der Waals surface area (Å²) in [7, 11) is 0. The number of phenolic OH excluding ortho intramolecular Hbond substituents is 1. The van der Waals surface area contributed by atoms with Gasteiger partial charge in [0.25, 0.3) is 0 Å². The fourth-order valence-corrected chi connectivity index (χ4v) is 3.29. The van der Waals surface area contributed by atoms with E-state index < -0.39 is 12.6 Å². The minimum absolute atomic E-state index is 0.0254. The van der Waals surface area contributed by atoms with E-state index in [2.05, 4.69) is 31.0 Å². The number of phenols is 1. The number of benzene rings is 2. The molecule has 0 atom stereocenters. The smallest absolute Gasteiger partial charge is 0.387 e. The standard InChI is InChI=1S/C22H19BrF2N2O4/c23-15-5-8-19(28)17(12-15)18-10-14(11-20(27-18)26-9-1-2-21(29)30)13-3-6-16(7-4-13)31-22(24)25/h3-8,10-12,22,28H,1-2,9H2,(H,26,27)(H,29,30). The molecule has 6 nitrogen and oxygen atoms in total. The number of pyridine rings is 1. The molecule has 0 spiro atoms. The Balaban J connectivity index is 1.96. The Morgan fingerprint density at radius 2 is 1.84 bits per heavy atom. The van der Waals surface area contributed by atoms with E-state index >= 15 is 0 Å². The van der Waals surface area contributed by atoms with Gasteiger partial charge in [-0.25, -0.2) is 4.98 Å². The first-order chi connectivity index (χ1) is 14.8. The summed E-state index contributed by atoms with van der Waals surface area (Å²) in [4.78, 5) is 15.3. The predicted molar refractivity (Wildman–Crippen MR) is 116 cm³/mol. The molecule has 0 aliphatic heterocycles. The van der Waals surface area contributed by atoms with Crippen LogP contribution < -0.4 is 10.1 Å². The molecule has 1 heterocycles. The Labute approximate surface area is 185 Å². The van der Waals surface area contributed by atoms with Crippen LogP contribution in [0.15, 0.2) is 59.1 Å². The van der Waals surface area contributed by atoms with E-state index in [-0.39, 0.29) is 17.9 Å². The fraction of sp³-hybridized carbons (Fsp3) is 0.182. The highest BCUT2D eigenvalue weighted by atomic mass is 79.9. The van der Waals surface area contributed by atoms with Crippen LogP contribution in [0.1, 0.15) is 12.8 Å². The molecule has 0 saturated heterocycles. The summed E-state index contributed by atoms with van der Waals surface area (Å²) in [6, 6.07) is 14.7. The Hall–Kier alpha value is -3.20. The van der Waals surface area contributed by atoms with Crippen molar-refractivity contribution < 1.29 is 28.5 Å². The second-order valence-corrected chi connectivity index (χ2v) is 7.53. The van der Waals surface area contributed by atoms with Gasteiger partial charge >= 0.3 is 12.6 Å². The van der Waals surface area contributed by atoms with Crippen LogP contribution in [0.4, 0.5) is 14.6 Å². The molecule has 9 heteroatoms. The number of halogens is 3. The summed E-state index contributed by atoms with van der Waals surface area (Å²) in [6.07, 6.45) is 0.440.